The van der Waals surface area contributed by atoms with Gasteiger partial charge in [-0.1, -0.05) is 12.1 Å². The first-order chi connectivity index (χ1) is 9.45. The van der Waals surface area contributed by atoms with Crippen LogP contribution in [0.15, 0.2) is 18.2 Å². The predicted molar refractivity (Wildman–Crippen MR) is 85.4 cm³/mol. The number of carbonyl (C=O) groups is 2. The van der Waals surface area contributed by atoms with Crippen molar-refractivity contribution in [2.75, 3.05) is 23.9 Å². The van der Waals surface area contributed by atoms with Crippen molar-refractivity contribution in [3.8, 4) is 0 Å². The number of carbonyl (C=O) groups excluding carboxylic acids is 2. The first-order valence-corrected chi connectivity index (χ1v) is 7.72. The van der Waals surface area contributed by atoms with Crippen molar-refractivity contribution in [2.45, 2.75) is 26.8 Å². The van der Waals surface area contributed by atoms with E-state index in [0.29, 0.717) is 11.5 Å². The van der Waals surface area contributed by atoms with Crippen LogP contribution < -0.4 is 10.6 Å². The maximum atomic E-state index is 11.9. The molecule has 1 unspecified atom stereocenters. The van der Waals surface area contributed by atoms with E-state index in [1.807, 2.05) is 32.0 Å². The van der Waals surface area contributed by atoms with Crippen LogP contribution in [0, 0.1) is 13.8 Å². The minimum Gasteiger partial charge on any atom is -0.325 e. The van der Waals surface area contributed by atoms with Gasteiger partial charge in [0.05, 0.1) is 11.8 Å². The molecule has 110 valence electrons. The second-order valence-corrected chi connectivity index (χ2v) is 5.79. The molecule has 0 aromatic heterocycles. The van der Waals surface area contributed by atoms with E-state index >= 15 is 0 Å². The Labute approximate surface area is 124 Å². The molecular formula is C15H22N2O2S. The predicted octanol–water partition coefficient (Wildman–Crippen LogP) is 2.15. The second kappa shape index (κ2) is 8.07. The number of aryl methyl sites for hydroxylation is 1. The van der Waals surface area contributed by atoms with Crippen LogP contribution >= 0.6 is 11.8 Å². The second-order valence-electron chi connectivity index (χ2n) is 4.76. The van der Waals surface area contributed by atoms with Crippen LogP contribution in [0.5, 0.6) is 0 Å². The molecule has 0 saturated heterocycles. The lowest BCUT2D eigenvalue weighted by Gasteiger charge is -2.13. The topological polar surface area (TPSA) is 58.2 Å². The Hall–Kier alpha value is -1.33. The van der Waals surface area contributed by atoms with Gasteiger partial charge in [0.2, 0.25) is 5.91 Å². The number of rotatable bonds is 7. The number of ketones is 1. The molecule has 1 atom stereocenters. The summed E-state index contributed by atoms with van der Waals surface area (Å²) in [6.07, 6.45) is 0. The zero-order valence-corrected chi connectivity index (χ0v) is 13.3. The van der Waals surface area contributed by atoms with Gasteiger partial charge in [-0.25, -0.2) is 0 Å². The fraction of sp³-hybridized carbons (Fsp3) is 0.467. The number of nitrogens with one attached hydrogen (secondary N) is 2. The smallest absolute Gasteiger partial charge is 0.234 e. The zero-order chi connectivity index (χ0) is 15.1. The maximum Gasteiger partial charge on any atom is 0.234 e. The third kappa shape index (κ3) is 4.98. The highest BCUT2D eigenvalue weighted by molar-refractivity contribution is 8.00. The zero-order valence-electron chi connectivity index (χ0n) is 12.4. The highest BCUT2D eigenvalue weighted by Gasteiger charge is 2.12. The average molecular weight is 294 g/mol. The fourth-order valence-electron chi connectivity index (χ4n) is 1.75. The van der Waals surface area contributed by atoms with Crippen LogP contribution in [-0.2, 0) is 9.59 Å². The molecule has 0 spiro atoms. The summed E-state index contributed by atoms with van der Waals surface area (Å²) in [4.78, 5) is 23.1. The number of hydrogen-bond acceptors (Lipinski definition) is 4. The van der Waals surface area contributed by atoms with Gasteiger partial charge in [0.1, 0.15) is 5.78 Å². The third-order valence-electron chi connectivity index (χ3n) is 3.24. The van der Waals surface area contributed by atoms with Crippen molar-refractivity contribution in [2.24, 2.45) is 0 Å². The molecule has 0 radical (unpaired) electrons. The Bertz CT molecular complexity index is 489. The van der Waals surface area contributed by atoms with Gasteiger partial charge in [-0.15, -0.1) is 11.8 Å². The van der Waals surface area contributed by atoms with E-state index < -0.39 is 0 Å². The summed E-state index contributed by atoms with van der Waals surface area (Å²) < 4.78 is 0. The largest absolute Gasteiger partial charge is 0.325 e. The summed E-state index contributed by atoms with van der Waals surface area (Å²) in [5.74, 6) is 1.00. The maximum absolute atomic E-state index is 11.9. The van der Waals surface area contributed by atoms with Crippen molar-refractivity contribution in [3.63, 3.8) is 0 Å². The minimum absolute atomic E-state index is 0.0397. The molecule has 1 aromatic rings. The molecule has 1 rings (SSSR count). The number of benzene rings is 1. The molecule has 20 heavy (non-hydrogen) atoms. The molecule has 0 aliphatic carbocycles. The van der Waals surface area contributed by atoms with Gasteiger partial charge in [-0.05, 0) is 45.0 Å². The Morgan fingerprint density at radius 2 is 2.00 bits per heavy atom. The monoisotopic (exact) mass is 294 g/mol. The summed E-state index contributed by atoms with van der Waals surface area (Å²) in [5, 5.41) is 5.85. The van der Waals surface area contributed by atoms with Gasteiger partial charge in [0, 0.05) is 11.4 Å². The molecule has 0 heterocycles. The van der Waals surface area contributed by atoms with E-state index in [0.717, 1.165) is 16.8 Å². The lowest BCUT2D eigenvalue weighted by atomic mass is 10.1. The summed E-state index contributed by atoms with van der Waals surface area (Å²) in [7, 11) is 1.75. The molecule has 5 heteroatoms. The average Bonchev–Trinajstić information content (AvgIpc) is 2.39. The highest BCUT2D eigenvalue weighted by atomic mass is 32.2. The number of hydrogen-bond donors (Lipinski definition) is 2. The number of likely N-dealkylation sites (N-methyl/N-ethyl adjacent to an activating group) is 1. The molecule has 1 amide bonds. The quantitative estimate of drug-likeness (QED) is 0.809. The summed E-state index contributed by atoms with van der Waals surface area (Å²) >= 11 is 1.46. The van der Waals surface area contributed by atoms with Crippen LogP contribution in [0.1, 0.15) is 18.1 Å². The Morgan fingerprint density at radius 1 is 1.30 bits per heavy atom. The van der Waals surface area contributed by atoms with Crippen molar-refractivity contribution >= 4 is 29.1 Å². The molecule has 4 nitrogen and oxygen atoms in total. The van der Waals surface area contributed by atoms with Gasteiger partial charge >= 0.3 is 0 Å². The number of amides is 1. The first kappa shape index (κ1) is 16.7. The van der Waals surface area contributed by atoms with Crippen molar-refractivity contribution < 1.29 is 9.59 Å². The summed E-state index contributed by atoms with van der Waals surface area (Å²) in [6.45, 7) is 5.56. The van der Waals surface area contributed by atoms with Crippen LogP contribution in [0.3, 0.4) is 0 Å². The molecular weight excluding hydrogens is 272 g/mol. The molecule has 0 aliphatic heterocycles. The SMILES string of the molecule is CNC(CSCC(=O)Nc1cccc(C)c1C)C(C)=O. The van der Waals surface area contributed by atoms with Crippen molar-refractivity contribution in [3.05, 3.63) is 29.3 Å². The van der Waals surface area contributed by atoms with E-state index in [9.17, 15) is 9.59 Å². The van der Waals surface area contributed by atoms with Crippen molar-refractivity contribution in [1.82, 2.24) is 5.32 Å². The van der Waals surface area contributed by atoms with E-state index in [1.54, 1.807) is 14.0 Å². The summed E-state index contributed by atoms with van der Waals surface area (Å²) in [6, 6.07) is 5.66. The molecule has 0 saturated carbocycles. The molecule has 0 fully saturated rings. The van der Waals surface area contributed by atoms with Gasteiger partial charge in [0.15, 0.2) is 0 Å². The van der Waals surface area contributed by atoms with Crippen LogP contribution in [0.4, 0.5) is 5.69 Å². The summed E-state index contributed by atoms with van der Waals surface area (Å²) in [5.41, 5.74) is 3.09. The number of Topliss-reactive ketones (excluding diaryl/α,β-unsaturated/α-hetero) is 1. The third-order valence-corrected chi connectivity index (χ3v) is 4.27. The number of thioether (sulfide) groups is 1. The number of anilines is 1. The molecule has 0 bridgehead atoms. The van der Waals surface area contributed by atoms with Gasteiger partial charge in [-0.3, -0.25) is 9.59 Å². The van der Waals surface area contributed by atoms with E-state index in [1.165, 1.54) is 11.8 Å². The van der Waals surface area contributed by atoms with Gasteiger partial charge in [0.25, 0.3) is 0 Å². The molecule has 1 aromatic carbocycles. The first-order valence-electron chi connectivity index (χ1n) is 6.57. The fourth-order valence-corrected chi connectivity index (χ4v) is 2.76. The lowest BCUT2D eigenvalue weighted by Crippen LogP contribution is -2.35. The molecule has 2 N–H and O–H groups in total. The standard InChI is InChI=1S/C15H22N2O2S/c1-10-6-5-7-13(11(10)2)17-15(19)9-20-8-14(16-4)12(3)18/h5-7,14,16H,8-9H2,1-4H3,(H,17,19). The van der Waals surface area contributed by atoms with Crippen molar-refractivity contribution in [1.29, 1.82) is 0 Å². The minimum atomic E-state index is -0.187. The van der Waals surface area contributed by atoms with Crippen LogP contribution in [0.2, 0.25) is 0 Å². The Balaban J connectivity index is 2.44. The van der Waals surface area contributed by atoms with Gasteiger partial charge < -0.3 is 10.6 Å². The van der Waals surface area contributed by atoms with Gasteiger partial charge in [-0.2, -0.15) is 0 Å². The van der Waals surface area contributed by atoms with Crippen LogP contribution in [-0.4, -0.2) is 36.3 Å². The Morgan fingerprint density at radius 3 is 2.60 bits per heavy atom. The lowest BCUT2D eigenvalue weighted by molar-refractivity contribution is -0.118. The van der Waals surface area contributed by atoms with E-state index in [-0.39, 0.29) is 17.7 Å². The van der Waals surface area contributed by atoms with E-state index in [2.05, 4.69) is 10.6 Å². The normalized spacial score (nSPS) is 12.0. The highest BCUT2D eigenvalue weighted by Crippen LogP contribution is 2.18. The molecule has 0 aliphatic rings. The van der Waals surface area contributed by atoms with E-state index in [4.69, 9.17) is 0 Å². The van der Waals surface area contributed by atoms with Crippen LogP contribution in [0.25, 0.3) is 0 Å². The Kier molecular flexibility index (Phi) is 6.75.